The first-order chi connectivity index (χ1) is 14.7. The van der Waals surface area contributed by atoms with Crippen molar-refractivity contribution in [3.05, 3.63) is 28.8 Å². The number of nitrogens with one attached hydrogen (secondary N) is 2. The summed E-state index contributed by atoms with van der Waals surface area (Å²) in [7, 11) is 1.59. The van der Waals surface area contributed by atoms with Gasteiger partial charge in [0.2, 0.25) is 17.7 Å². The zero-order chi connectivity index (χ0) is 22.6. The molecule has 0 saturated carbocycles. The highest BCUT2D eigenvalue weighted by Crippen LogP contribution is 2.71. The Morgan fingerprint density at radius 3 is 2.71 bits per heavy atom. The lowest BCUT2D eigenvalue weighted by Crippen LogP contribution is -2.52. The van der Waals surface area contributed by atoms with Gasteiger partial charge in [-0.1, -0.05) is 23.7 Å². The van der Waals surface area contributed by atoms with Gasteiger partial charge >= 0.3 is 0 Å². The van der Waals surface area contributed by atoms with Gasteiger partial charge < -0.3 is 20.6 Å². The summed E-state index contributed by atoms with van der Waals surface area (Å²) < 4.78 is -1.06. The van der Waals surface area contributed by atoms with Crippen LogP contribution in [0.2, 0.25) is 5.02 Å². The Balaban J connectivity index is 1.75. The molecule has 3 amide bonds. The molecule has 3 aliphatic heterocycles. The van der Waals surface area contributed by atoms with Crippen LogP contribution < -0.4 is 10.6 Å². The fourth-order valence-electron chi connectivity index (χ4n) is 5.75. The van der Waals surface area contributed by atoms with Crippen LogP contribution in [0.3, 0.4) is 0 Å². The number of benzene rings is 1. The van der Waals surface area contributed by atoms with Crippen LogP contribution in [0.15, 0.2) is 18.2 Å². The number of aliphatic hydroxyl groups excluding tert-OH is 1. The molecule has 9 heteroatoms. The summed E-state index contributed by atoms with van der Waals surface area (Å²) in [5.41, 5.74) is 1.37. The molecule has 1 aromatic carbocycles. The second-order valence-corrected chi connectivity index (χ2v) is 11.2. The smallest absolute Gasteiger partial charge is 0.248 e. The third kappa shape index (κ3) is 3.26. The molecule has 2 unspecified atom stereocenters. The summed E-state index contributed by atoms with van der Waals surface area (Å²) >= 11 is 7.96. The highest BCUT2D eigenvalue weighted by atomic mass is 35.5. The zero-order valence-corrected chi connectivity index (χ0v) is 19.5. The zero-order valence-electron chi connectivity index (χ0n) is 17.9. The number of likely N-dealkylation sites (tertiary alicyclic amines) is 1. The molecular formula is C22H28ClN3O4S. The number of halogens is 1. The van der Waals surface area contributed by atoms with Crippen molar-refractivity contribution < 1.29 is 19.5 Å². The van der Waals surface area contributed by atoms with Gasteiger partial charge in [0, 0.05) is 24.9 Å². The maximum atomic E-state index is 13.7. The van der Waals surface area contributed by atoms with Gasteiger partial charge in [0.15, 0.2) is 0 Å². The van der Waals surface area contributed by atoms with E-state index in [9.17, 15) is 19.5 Å². The number of thioether (sulfide) groups is 1. The minimum Gasteiger partial charge on any atom is -0.396 e. The van der Waals surface area contributed by atoms with E-state index in [2.05, 4.69) is 10.6 Å². The average molecular weight is 466 g/mol. The molecule has 3 N–H and O–H groups in total. The number of aliphatic hydroxyl groups is 1. The van der Waals surface area contributed by atoms with Crippen molar-refractivity contribution in [1.29, 1.82) is 0 Å². The van der Waals surface area contributed by atoms with E-state index in [0.717, 1.165) is 12.0 Å². The number of anilines is 1. The molecule has 5 atom stereocenters. The van der Waals surface area contributed by atoms with E-state index >= 15 is 0 Å². The standard InChI is InChI=1S/C22H28ClN3O4S/c1-12-6-4-7-13(23)16(12)25-19(29)17-22-9-8-21(2,31-22)14(18(28)24-3)15(22)20(30)26(17)10-5-11-27/h4,6-7,14-15,17,27H,5,8-11H2,1-3H3,(H,24,28)(H,25,29)/t14-,15-,17?,21+,22?/m0/s1. The second kappa shape index (κ2) is 7.98. The molecular weight excluding hydrogens is 438 g/mol. The molecule has 3 fully saturated rings. The van der Waals surface area contributed by atoms with Crippen molar-refractivity contribution in [2.75, 3.05) is 25.5 Å². The number of hydrogen-bond acceptors (Lipinski definition) is 5. The van der Waals surface area contributed by atoms with Gasteiger partial charge in [-0.15, -0.1) is 11.8 Å². The van der Waals surface area contributed by atoms with Crippen LogP contribution in [0.1, 0.15) is 31.7 Å². The van der Waals surface area contributed by atoms with E-state index in [1.807, 2.05) is 26.0 Å². The summed E-state index contributed by atoms with van der Waals surface area (Å²) in [6.07, 6.45) is 1.82. The van der Waals surface area contributed by atoms with E-state index in [1.54, 1.807) is 29.8 Å². The van der Waals surface area contributed by atoms with E-state index < -0.39 is 22.6 Å². The number of carbonyl (C=O) groups is 3. The number of fused-ring (bicyclic) bond motifs is 1. The lowest BCUT2D eigenvalue weighted by Gasteiger charge is -2.34. The number of para-hydroxylation sites is 1. The molecule has 0 aromatic heterocycles. The minimum atomic E-state index is -0.728. The van der Waals surface area contributed by atoms with Crippen LogP contribution in [0.25, 0.3) is 0 Å². The molecule has 3 saturated heterocycles. The highest BCUT2D eigenvalue weighted by molar-refractivity contribution is 8.02. The van der Waals surface area contributed by atoms with E-state index in [-0.39, 0.29) is 35.6 Å². The Labute approximate surface area is 191 Å². The lowest BCUT2D eigenvalue weighted by atomic mass is 9.66. The number of carbonyl (C=O) groups excluding carboxylic acids is 3. The van der Waals surface area contributed by atoms with Gasteiger partial charge in [0.25, 0.3) is 0 Å². The summed E-state index contributed by atoms with van der Waals surface area (Å²) in [6.45, 7) is 4.09. The Hall–Kier alpha value is -1.77. The average Bonchev–Trinajstić information content (AvgIpc) is 3.29. The van der Waals surface area contributed by atoms with E-state index in [0.29, 0.717) is 23.6 Å². The van der Waals surface area contributed by atoms with Crippen LogP contribution in [-0.2, 0) is 14.4 Å². The summed E-state index contributed by atoms with van der Waals surface area (Å²) in [5.74, 6) is -1.66. The van der Waals surface area contributed by atoms with Gasteiger partial charge in [0.05, 0.1) is 27.3 Å². The largest absolute Gasteiger partial charge is 0.396 e. The molecule has 1 spiro atoms. The fourth-order valence-corrected chi connectivity index (χ4v) is 8.37. The molecule has 2 bridgehead atoms. The molecule has 31 heavy (non-hydrogen) atoms. The molecule has 1 aromatic rings. The van der Waals surface area contributed by atoms with Crippen molar-refractivity contribution >= 4 is 46.8 Å². The van der Waals surface area contributed by atoms with Crippen LogP contribution in [0.4, 0.5) is 5.69 Å². The molecule has 168 valence electrons. The number of nitrogens with zero attached hydrogens (tertiary/aromatic N) is 1. The first kappa shape index (κ1) is 22.4. The van der Waals surface area contributed by atoms with Gasteiger partial charge in [-0.2, -0.15) is 0 Å². The molecule has 7 nitrogen and oxygen atoms in total. The maximum Gasteiger partial charge on any atom is 0.248 e. The Kier molecular flexibility index (Phi) is 5.77. The summed E-state index contributed by atoms with van der Waals surface area (Å²) in [6, 6.07) is 4.67. The number of aryl methyl sites for hydroxylation is 1. The Bertz CT molecular complexity index is 923. The summed E-state index contributed by atoms with van der Waals surface area (Å²) in [5, 5.41) is 15.5. The van der Waals surface area contributed by atoms with Crippen molar-refractivity contribution in [3.8, 4) is 0 Å². The quantitative estimate of drug-likeness (QED) is 0.598. The molecule has 0 radical (unpaired) electrons. The monoisotopic (exact) mass is 465 g/mol. The van der Waals surface area contributed by atoms with Gasteiger partial charge in [-0.05, 0) is 44.7 Å². The Morgan fingerprint density at radius 1 is 1.32 bits per heavy atom. The van der Waals surface area contributed by atoms with Gasteiger partial charge in [-0.25, -0.2) is 0 Å². The normalized spacial score (nSPS) is 33.5. The fraction of sp³-hybridized carbons (Fsp3) is 0.591. The molecule has 3 aliphatic rings. The van der Waals surface area contributed by atoms with Crippen LogP contribution >= 0.6 is 23.4 Å². The highest BCUT2D eigenvalue weighted by Gasteiger charge is 2.76. The third-order valence-electron chi connectivity index (χ3n) is 7.08. The first-order valence-electron chi connectivity index (χ1n) is 10.6. The molecule has 4 rings (SSSR count). The SMILES string of the molecule is CNC(=O)[C@@H]1[C@H]2C(=O)N(CCCO)C(C(=O)Nc3c(C)cccc3Cl)C23CC[C@@]1(C)S3. The van der Waals surface area contributed by atoms with Crippen LogP contribution in [0.5, 0.6) is 0 Å². The predicted molar refractivity (Wildman–Crippen MR) is 121 cm³/mol. The number of hydrogen-bond donors (Lipinski definition) is 3. The van der Waals surface area contributed by atoms with Gasteiger partial charge in [-0.3, -0.25) is 14.4 Å². The van der Waals surface area contributed by atoms with Crippen molar-refractivity contribution in [1.82, 2.24) is 10.2 Å². The maximum absolute atomic E-state index is 13.7. The summed E-state index contributed by atoms with van der Waals surface area (Å²) in [4.78, 5) is 41.7. The van der Waals surface area contributed by atoms with Crippen molar-refractivity contribution in [2.45, 2.75) is 48.6 Å². The third-order valence-corrected chi connectivity index (χ3v) is 9.38. The molecule has 0 aliphatic carbocycles. The second-order valence-electron chi connectivity index (χ2n) is 8.87. The van der Waals surface area contributed by atoms with Crippen LogP contribution in [0, 0.1) is 18.8 Å². The van der Waals surface area contributed by atoms with E-state index in [1.165, 1.54) is 0 Å². The Morgan fingerprint density at radius 2 is 2.06 bits per heavy atom. The predicted octanol–water partition coefficient (Wildman–Crippen LogP) is 2.20. The van der Waals surface area contributed by atoms with Crippen molar-refractivity contribution in [3.63, 3.8) is 0 Å². The lowest BCUT2D eigenvalue weighted by molar-refractivity contribution is -0.140. The minimum absolute atomic E-state index is 0.0802. The van der Waals surface area contributed by atoms with E-state index in [4.69, 9.17) is 11.6 Å². The van der Waals surface area contributed by atoms with Gasteiger partial charge in [0.1, 0.15) is 6.04 Å². The van der Waals surface area contributed by atoms with Crippen LogP contribution in [-0.4, -0.2) is 63.5 Å². The number of amides is 3. The number of rotatable bonds is 6. The topological polar surface area (TPSA) is 98.7 Å². The molecule has 3 heterocycles. The van der Waals surface area contributed by atoms with Crippen molar-refractivity contribution in [2.24, 2.45) is 11.8 Å². The first-order valence-corrected chi connectivity index (χ1v) is 11.8.